The van der Waals surface area contributed by atoms with E-state index in [2.05, 4.69) is 9.72 Å². The average molecular weight is 429 g/mol. The largest absolute Gasteiger partial charge is 0.463 e. The van der Waals surface area contributed by atoms with Crippen LogP contribution in [0, 0.1) is 5.82 Å². The number of likely N-dealkylation sites (N-methyl/N-ethyl adjacent to an activating group) is 1. The molecule has 0 saturated carbocycles. The first kappa shape index (κ1) is 24.2. The van der Waals surface area contributed by atoms with Crippen LogP contribution in [0.2, 0.25) is 0 Å². The molecule has 1 aromatic heterocycles. The number of ketones is 1. The monoisotopic (exact) mass is 428 g/mol. The molecule has 1 aliphatic heterocycles. The van der Waals surface area contributed by atoms with Crippen molar-refractivity contribution >= 4 is 23.2 Å². The Morgan fingerprint density at radius 1 is 1.26 bits per heavy atom. The zero-order valence-electron chi connectivity index (χ0n) is 18.0. The number of β-amino-alcohol motifs (C(OH)–C–C–N with tert-alkyl or cyclic N) is 1. The summed E-state index contributed by atoms with van der Waals surface area (Å²) in [7, 11) is 1.83. The molecule has 0 aliphatic carbocycles. The van der Waals surface area contributed by atoms with Crippen molar-refractivity contribution in [1.82, 2.24) is 9.88 Å². The van der Waals surface area contributed by atoms with Crippen LogP contribution in [-0.4, -0.2) is 53.0 Å². The SMILES string of the molecule is CC.CN1CC(O)CC1C(=O)c1c[nH]c2cc(F)ccc12.O=COCc1ccccc1. The van der Waals surface area contributed by atoms with E-state index in [0.29, 0.717) is 37.1 Å². The van der Waals surface area contributed by atoms with Crippen molar-refractivity contribution in [3.8, 4) is 0 Å². The number of aromatic amines is 1. The highest BCUT2D eigenvalue weighted by molar-refractivity contribution is 6.10. The first-order valence-corrected chi connectivity index (χ1v) is 10.3. The minimum atomic E-state index is -0.457. The fourth-order valence-corrected chi connectivity index (χ4v) is 3.47. The van der Waals surface area contributed by atoms with E-state index in [9.17, 15) is 19.1 Å². The first-order valence-electron chi connectivity index (χ1n) is 10.3. The van der Waals surface area contributed by atoms with Gasteiger partial charge in [0.15, 0.2) is 5.78 Å². The number of aliphatic hydroxyl groups is 1. The summed E-state index contributed by atoms with van der Waals surface area (Å²) in [4.78, 5) is 27.0. The number of Topliss-reactive ketones (excluding diaryl/α,β-unsaturated/α-hetero) is 1. The van der Waals surface area contributed by atoms with Gasteiger partial charge in [0.05, 0.1) is 12.1 Å². The molecule has 2 atom stereocenters. The van der Waals surface area contributed by atoms with Gasteiger partial charge >= 0.3 is 0 Å². The standard InChI is InChI=1S/C14H15FN2O2.C8H8O2.C2H6/c1-17-7-9(18)5-13(17)14(19)11-6-16-12-4-8(15)2-3-10(11)12;9-7-10-6-8-4-2-1-3-5-8;1-2/h2-4,6,9,13,16,18H,5,7H2,1H3;1-5,7H,6H2;1-2H3. The number of hydrogen-bond acceptors (Lipinski definition) is 5. The number of aliphatic hydroxyl groups excluding tert-OH is 1. The fourth-order valence-electron chi connectivity index (χ4n) is 3.47. The van der Waals surface area contributed by atoms with Crippen LogP contribution >= 0.6 is 0 Å². The van der Waals surface area contributed by atoms with Gasteiger partial charge in [-0.15, -0.1) is 0 Å². The van der Waals surface area contributed by atoms with Gasteiger partial charge in [-0.1, -0.05) is 44.2 Å². The number of carbonyl (C=O) groups is 2. The molecule has 1 saturated heterocycles. The van der Waals surface area contributed by atoms with Crippen LogP contribution in [-0.2, 0) is 16.1 Å². The van der Waals surface area contributed by atoms with Gasteiger partial charge in [0.25, 0.3) is 6.47 Å². The highest BCUT2D eigenvalue weighted by atomic mass is 19.1. The van der Waals surface area contributed by atoms with Gasteiger partial charge in [0.2, 0.25) is 0 Å². The summed E-state index contributed by atoms with van der Waals surface area (Å²) >= 11 is 0. The Bertz CT molecular complexity index is 974. The molecule has 1 fully saturated rings. The lowest BCUT2D eigenvalue weighted by atomic mass is 10.0. The van der Waals surface area contributed by atoms with E-state index in [1.807, 2.05) is 56.1 Å². The van der Waals surface area contributed by atoms with E-state index in [-0.39, 0.29) is 17.6 Å². The Hall–Kier alpha value is -3.03. The third kappa shape index (κ3) is 6.47. The molecule has 0 spiro atoms. The third-order valence-electron chi connectivity index (χ3n) is 4.90. The van der Waals surface area contributed by atoms with Crippen LogP contribution in [0.3, 0.4) is 0 Å². The highest BCUT2D eigenvalue weighted by Gasteiger charge is 2.34. The average Bonchev–Trinajstić information content (AvgIpc) is 3.36. The van der Waals surface area contributed by atoms with Crippen LogP contribution in [0.15, 0.2) is 54.7 Å². The summed E-state index contributed by atoms with van der Waals surface area (Å²) in [5.41, 5.74) is 2.18. The molecule has 7 heteroatoms. The second-order valence-corrected chi connectivity index (χ2v) is 6.99. The zero-order chi connectivity index (χ0) is 22.8. The van der Waals surface area contributed by atoms with E-state index in [4.69, 9.17) is 0 Å². The zero-order valence-corrected chi connectivity index (χ0v) is 18.0. The molecule has 2 N–H and O–H groups in total. The fraction of sp³-hybridized carbons (Fsp3) is 0.333. The quantitative estimate of drug-likeness (QED) is 0.475. The number of benzene rings is 2. The van der Waals surface area contributed by atoms with Crippen LogP contribution in [0.25, 0.3) is 10.9 Å². The Labute approximate surface area is 181 Å². The number of halogens is 1. The highest BCUT2D eigenvalue weighted by Crippen LogP contribution is 2.25. The molecule has 1 aliphatic rings. The molecule has 2 heterocycles. The summed E-state index contributed by atoms with van der Waals surface area (Å²) in [6.45, 7) is 5.32. The number of H-pyrrole nitrogens is 1. The van der Waals surface area contributed by atoms with Crippen molar-refractivity contribution < 1.29 is 23.8 Å². The van der Waals surface area contributed by atoms with Gasteiger partial charge in [-0.25, -0.2) is 4.39 Å². The lowest BCUT2D eigenvalue weighted by Gasteiger charge is -2.16. The topological polar surface area (TPSA) is 82.6 Å². The molecule has 3 aromatic rings. The van der Waals surface area contributed by atoms with Gasteiger partial charge in [-0.3, -0.25) is 14.5 Å². The van der Waals surface area contributed by atoms with Gasteiger partial charge in [0, 0.05) is 29.2 Å². The van der Waals surface area contributed by atoms with E-state index in [1.165, 1.54) is 12.1 Å². The number of likely N-dealkylation sites (tertiary alicyclic amines) is 1. The molecule has 31 heavy (non-hydrogen) atoms. The summed E-state index contributed by atoms with van der Waals surface area (Å²) < 4.78 is 17.7. The Balaban J connectivity index is 0.000000241. The molecule has 166 valence electrons. The van der Waals surface area contributed by atoms with E-state index < -0.39 is 6.10 Å². The summed E-state index contributed by atoms with van der Waals surface area (Å²) in [6.07, 6.45) is 1.61. The Morgan fingerprint density at radius 3 is 2.58 bits per heavy atom. The molecule has 0 amide bonds. The maximum absolute atomic E-state index is 13.1. The molecular formula is C24H29FN2O4. The maximum Gasteiger partial charge on any atom is 0.293 e. The van der Waals surface area contributed by atoms with E-state index >= 15 is 0 Å². The lowest BCUT2D eigenvalue weighted by molar-refractivity contribution is -0.129. The minimum Gasteiger partial charge on any atom is -0.463 e. The second kappa shape index (κ2) is 12.0. The molecule has 4 rings (SSSR count). The predicted molar refractivity (Wildman–Crippen MR) is 118 cm³/mol. The number of ether oxygens (including phenoxy) is 1. The Morgan fingerprint density at radius 2 is 1.97 bits per heavy atom. The number of nitrogens with one attached hydrogen (secondary N) is 1. The molecule has 6 nitrogen and oxygen atoms in total. The van der Waals surface area contributed by atoms with E-state index in [1.54, 1.807) is 12.3 Å². The van der Waals surface area contributed by atoms with E-state index in [0.717, 1.165) is 10.9 Å². The number of nitrogens with zero attached hydrogens (tertiary/aromatic N) is 1. The third-order valence-corrected chi connectivity index (χ3v) is 4.90. The number of hydrogen-bond donors (Lipinski definition) is 2. The smallest absolute Gasteiger partial charge is 0.293 e. The number of fused-ring (bicyclic) bond motifs is 1. The van der Waals surface area contributed by atoms with Crippen LogP contribution in [0.4, 0.5) is 4.39 Å². The van der Waals surface area contributed by atoms with Crippen molar-refractivity contribution in [3.63, 3.8) is 0 Å². The Kier molecular flexibility index (Phi) is 9.37. The number of aromatic nitrogens is 1. The van der Waals surface area contributed by atoms with Gasteiger partial charge in [0.1, 0.15) is 12.4 Å². The summed E-state index contributed by atoms with van der Waals surface area (Å²) in [6, 6.07) is 13.6. The first-order chi connectivity index (χ1) is 15.0. The molecule has 0 radical (unpaired) electrons. The molecular weight excluding hydrogens is 399 g/mol. The van der Waals surface area contributed by atoms with Crippen LogP contribution in [0.5, 0.6) is 0 Å². The number of carbonyl (C=O) groups excluding carboxylic acids is 2. The van der Waals surface area contributed by atoms with Crippen molar-refractivity contribution in [3.05, 3.63) is 71.7 Å². The predicted octanol–water partition coefficient (Wildman–Crippen LogP) is 3.94. The normalized spacial score (nSPS) is 17.8. The van der Waals surface area contributed by atoms with Crippen LogP contribution < -0.4 is 0 Å². The van der Waals surface area contributed by atoms with Crippen molar-refractivity contribution in [2.45, 2.75) is 39.0 Å². The summed E-state index contributed by atoms with van der Waals surface area (Å²) in [5, 5.41) is 10.3. The van der Waals surface area contributed by atoms with Crippen LogP contribution in [0.1, 0.15) is 36.2 Å². The number of rotatable bonds is 5. The van der Waals surface area contributed by atoms with Crippen molar-refractivity contribution in [1.29, 1.82) is 0 Å². The molecule has 2 aromatic carbocycles. The second-order valence-electron chi connectivity index (χ2n) is 6.99. The lowest BCUT2D eigenvalue weighted by Crippen LogP contribution is -2.32. The molecule has 2 unspecified atom stereocenters. The minimum absolute atomic E-state index is 0.0306. The molecule has 0 bridgehead atoms. The van der Waals surface area contributed by atoms with Crippen molar-refractivity contribution in [2.75, 3.05) is 13.6 Å². The van der Waals surface area contributed by atoms with Gasteiger partial charge in [-0.05, 0) is 37.2 Å². The summed E-state index contributed by atoms with van der Waals surface area (Å²) in [5.74, 6) is -0.362. The van der Waals surface area contributed by atoms with Gasteiger partial charge in [-0.2, -0.15) is 0 Å². The van der Waals surface area contributed by atoms with Crippen molar-refractivity contribution in [2.24, 2.45) is 0 Å². The van der Waals surface area contributed by atoms with Gasteiger partial charge < -0.3 is 14.8 Å². The maximum atomic E-state index is 13.1.